The first kappa shape index (κ1) is 17.2. The molecule has 0 saturated heterocycles. The molecule has 3 N–H and O–H groups in total. The number of carbonyl (C=O) groups is 1. The summed E-state index contributed by atoms with van der Waals surface area (Å²) in [6, 6.07) is 3.69. The van der Waals surface area contributed by atoms with Crippen LogP contribution in [0.1, 0.15) is 33.3 Å². The lowest BCUT2D eigenvalue weighted by Crippen LogP contribution is -2.45. The Morgan fingerprint density at radius 1 is 1.38 bits per heavy atom. The SMILES string of the molecule is COc1cc(C(C)(CN)CNC(=O)OC(C)(C)C)ccn1. The molecule has 1 atom stereocenters. The van der Waals surface area contributed by atoms with E-state index in [1.165, 1.54) is 0 Å². The highest BCUT2D eigenvalue weighted by Crippen LogP contribution is 2.24. The number of methoxy groups -OCH3 is 1. The lowest BCUT2D eigenvalue weighted by atomic mass is 9.83. The van der Waals surface area contributed by atoms with Crippen molar-refractivity contribution in [2.24, 2.45) is 5.73 Å². The van der Waals surface area contributed by atoms with Crippen molar-refractivity contribution < 1.29 is 14.3 Å². The molecular formula is C15H25N3O3. The van der Waals surface area contributed by atoms with Gasteiger partial charge in [0.2, 0.25) is 5.88 Å². The molecule has 1 aromatic heterocycles. The van der Waals surface area contributed by atoms with Crippen molar-refractivity contribution in [2.45, 2.75) is 38.7 Å². The Bertz CT molecular complexity index is 485. The molecule has 118 valence electrons. The number of nitrogens with zero attached hydrogens (tertiary/aromatic N) is 1. The van der Waals surface area contributed by atoms with Crippen molar-refractivity contribution in [2.75, 3.05) is 20.2 Å². The Kier molecular flexibility index (Phi) is 5.54. The summed E-state index contributed by atoms with van der Waals surface area (Å²) >= 11 is 0. The molecule has 0 radical (unpaired) electrons. The van der Waals surface area contributed by atoms with Crippen LogP contribution in [0, 0.1) is 0 Å². The van der Waals surface area contributed by atoms with Crippen LogP contribution in [0.4, 0.5) is 4.79 Å². The lowest BCUT2D eigenvalue weighted by Gasteiger charge is -2.29. The molecule has 1 unspecified atom stereocenters. The maximum Gasteiger partial charge on any atom is 0.407 e. The zero-order valence-electron chi connectivity index (χ0n) is 13.4. The highest BCUT2D eigenvalue weighted by atomic mass is 16.6. The van der Waals surface area contributed by atoms with Gasteiger partial charge in [0.15, 0.2) is 0 Å². The standard InChI is InChI=1S/C15H25N3O3/c1-14(2,3)21-13(19)18-10-15(4,9-16)11-6-7-17-12(8-11)20-5/h6-8H,9-10,16H2,1-5H3,(H,18,19). The minimum absolute atomic E-state index is 0.367. The molecule has 0 aliphatic heterocycles. The van der Waals surface area contributed by atoms with Crippen LogP contribution >= 0.6 is 0 Å². The van der Waals surface area contributed by atoms with E-state index in [1.807, 2.05) is 39.8 Å². The monoisotopic (exact) mass is 295 g/mol. The predicted molar refractivity (Wildman–Crippen MR) is 81.4 cm³/mol. The fourth-order valence-corrected chi connectivity index (χ4v) is 1.77. The van der Waals surface area contributed by atoms with Crippen molar-refractivity contribution in [1.82, 2.24) is 10.3 Å². The van der Waals surface area contributed by atoms with E-state index >= 15 is 0 Å². The van der Waals surface area contributed by atoms with Crippen molar-refractivity contribution in [3.8, 4) is 5.88 Å². The largest absolute Gasteiger partial charge is 0.481 e. The third kappa shape index (κ3) is 5.23. The molecule has 0 fully saturated rings. The predicted octanol–water partition coefficient (Wildman–Crippen LogP) is 1.83. The maximum absolute atomic E-state index is 11.8. The number of ether oxygens (including phenoxy) is 2. The lowest BCUT2D eigenvalue weighted by molar-refractivity contribution is 0.0516. The van der Waals surface area contributed by atoms with Crippen LogP contribution in [0.3, 0.4) is 0 Å². The topological polar surface area (TPSA) is 86.5 Å². The molecule has 0 spiro atoms. The zero-order valence-corrected chi connectivity index (χ0v) is 13.4. The van der Waals surface area contributed by atoms with Gasteiger partial charge in [0.1, 0.15) is 5.60 Å². The third-order valence-corrected chi connectivity index (χ3v) is 3.11. The van der Waals surface area contributed by atoms with Crippen LogP contribution in [0.25, 0.3) is 0 Å². The van der Waals surface area contributed by atoms with Gasteiger partial charge < -0.3 is 20.5 Å². The molecule has 6 nitrogen and oxygen atoms in total. The minimum atomic E-state index is -0.525. The summed E-state index contributed by atoms with van der Waals surface area (Å²) in [5, 5.41) is 2.76. The normalized spacial score (nSPS) is 14.2. The average molecular weight is 295 g/mol. The Labute approximate surface area is 126 Å². The summed E-state index contributed by atoms with van der Waals surface area (Å²) in [6.07, 6.45) is 1.21. The van der Waals surface area contributed by atoms with Crippen LogP contribution in [0.5, 0.6) is 5.88 Å². The second kappa shape index (κ2) is 6.76. The van der Waals surface area contributed by atoms with E-state index in [2.05, 4.69) is 10.3 Å². The second-order valence-corrected chi connectivity index (χ2v) is 6.21. The van der Waals surface area contributed by atoms with Crippen molar-refractivity contribution in [3.63, 3.8) is 0 Å². The first-order chi connectivity index (χ1) is 9.70. The summed E-state index contributed by atoms with van der Waals surface area (Å²) < 4.78 is 10.4. The number of rotatable bonds is 5. The van der Waals surface area contributed by atoms with E-state index in [1.54, 1.807) is 13.3 Å². The summed E-state index contributed by atoms with van der Waals surface area (Å²) in [5.41, 5.74) is 5.89. The Morgan fingerprint density at radius 2 is 2.05 bits per heavy atom. The molecule has 0 bridgehead atoms. The Morgan fingerprint density at radius 3 is 2.57 bits per heavy atom. The number of amides is 1. The van der Waals surface area contributed by atoms with E-state index in [4.69, 9.17) is 15.2 Å². The van der Waals surface area contributed by atoms with Crippen LogP contribution in [-0.2, 0) is 10.2 Å². The number of carbonyl (C=O) groups excluding carboxylic acids is 1. The summed E-state index contributed by atoms with van der Waals surface area (Å²) in [6.45, 7) is 8.17. The molecule has 21 heavy (non-hydrogen) atoms. The summed E-state index contributed by atoms with van der Waals surface area (Å²) in [4.78, 5) is 15.8. The van der Waals surface area contributed by atoms with Crippen molar-refractivity contribution >= 4 is 6.09 Å². The molecule has 0 aromatic carbocycles. The van der Waals surface area contributed by atoms with Crippen molar-refractivity contribution in [3.05, 3.63) is 23.9 Å². The number of pyridine rings is 1. The third-order valence-electron chi connectivity index (χ3n) is 3.11. The van der Waals surface area contributed by atoms with Crippen LogP contribution in [-0.4, -0.2) is 36.9 Å². The fourth-order valence-electron chi connectivity index (χ4n) is 1.77. The smallest absolute Gasteiger partial charge is 0.407 e. The van der Waals surface area contributed by atoms with E-state index in [0.717, 1.165) is 5.56 Å². The maximum atomic E-state index is 11.8. The molecule has 1 amide bonds. The summed E-state index contributed by atoms with van der Waals surface area (Å²) in [5.74, 6) is 0.518. The van der Waals surface area contributed by atoms with Crippen molar-refractivity contribution in [1.29, 1.82) is 0 Å². The Balaban J connectivity index is 2.78. The minimum Gasteiger partial charge on any atom is -0.481 e. The van der Waals surface area contributed by atoms with Gasteiger partial charge in [-0.25, -0.2) is 9.78 Å². The zero-order chi connectivity index (χ0) is 16.1. The van der Waals surface area contributed by atoms with Gasteiger partial charge in [-0.2, -0.15) is 0 Å². The van der Waals surface area contributed by atoms with Gasteiger partial charge in [-0.15, -0.1) is 0 Å². The molecular weight excluding hydrogens is 270 g/mol. The molecule has 1 rings (SSSR count). The van der Waals surface area contributed by atoms with Gasteiger partial charge in [-0.05, 0) is 32.4 Å². The summed E-state index contributed by atoms with van der Waals surface area (Å²) in [7, 11) is 1.56. The molecule has 1 heterocycles. The van der Waals surface area contributed by atoms with Gasteiger partial charge in [0, 0.05) is 30.8 Å². The van der Waals surface area contributed by atoms with Gasteiger partial charge in [0.25, 0.3) is 0 Å². The number of hydrogen-bond acceptors (Lipinski definition) is 5. The number of aromatic nitrogens is 1. The van der Waals surface area contributed by atoms with E-state index in [9.17, 15) is 4.79 Å². The van der Waals surface area contributed by atoms with Crippen LogP contribution in [0.15, 0.2) is 18.3 Å². The van der Waals surface area contributed by atoms with Gasteiger partial charge in [0.05, 0.1) is 7.11 Å². The molecule has 6 heteroatoms. The van der Waals surface area contributed by atoms with Gasteiger partial charge >= 0.3 is 6.09 Å². The molecule has 0 aliphatic rings. The second-order valence-electron chi connectivity index (χ2n) is 6.21. The number of hydrogen-bond donors (Lipinski definition) is 2. The average Bonchev–Trinajstić information content (AvgIpc) is 2.43. The van der Waals surface area contributed by atoms with E-state index in [0.29, 0.717) is 19.0 Å². The first-order valence-corrected chi connectivity index (χ1v) is 6.87. The molecule has 1 aromatic rings. The highest BCUT2D eigenvalue weighted by molar-refractivity contribution is 5.67. The highest BCUT2D eigenvalue weighted by Gasteiger charge is 2.27. The van der Waals surface area contributed by atoms with Gasteiger partial charge in [-0.3, -0.25) is 0 Å². The van der Waals surface area contributed by atoms with E-state index in [-0.39, 0.29) is 0 Å². The first-order valence-electron chi connectivity index (χ1n) is 6.87. The quantitative estimate of drug-likeness (QED) is 0.865. The molecule has 0 saturated carbocycles. The number of alkyl carbamates (subject to hydrolysis) is 1. The fraction of sp³-hybridized carbons (Fsp3) is 0.600. The van der Waals surface area contributed by atoms with Crippen LogP contribution in [0.2, 0.25) is 0 Å². The van der Waals surface area contributed by atoms with Gasteiger partial charge in [-0.1, -0.05) is 6.92 Å². The number of nitrogens with one attached hydrogen (secondary N) is 1. The number of nitrogens with two attached hydrogens (primary N) is 1. The Hall–Kier alpha value is -1.82. The molecule has 0 aliphatic carbocycles. The van der Waals surface area contributed by atoms with E-state index < -0.39 is 17.1 Å². The van der Waals surface area contributed by atoms with Crippen LogP contribution < -0.4 is 15.8 Å².